The molecule has 3 N–H and O–H groups in total. The highest BCUT2D eigenvalue weighted by Crippen LogP contribution is 2.52. The fourth-order valence-corrected chi connectivity index (χ4v) is 3.02. The molecule has 1 atom stereocenters. The molecule has 0 bridgehead atoms. The zero-order chi connectivity index (χ0) is 12.7. The largest absolute Gasteiger partial charge is 0.345 e. The highest BCUT2D eigenvalue weighted by atomic mass is 31.2. The average Bonchev–Trinajstić information content (AvgIpc) is 1.76. The van der Waals surface area contributed by atoms with E-state index < -0.39 is 24.3 Å². The van der Waals surface area contributed by atoms with Crippen molar-refractivity contribution in [3.63, 3.8) is 0 Å². The van der Waals surface area contributed by atoms with Gasteiger partial charge in [0.1, 0.15) is 5.78 Å². The molecule has 0 saturated carbocycles. The molecule has 0 heterocycles. The van der Waals surface area contributed by atoms with Gasteiger partial charge in [0.05, 0.1) is 0 Å². The van der Waals surface area contributed by atoms with Crippen LogP contribution in [0, 0.1) is 5.41 Å². The Kier molecular flexibility index (Phi) is 4.17. The Morgan fingerprint density at radius 2 is 1.40 bits per heavy atom. The van der Waals surface area contributed by atoms with Crippen molar-refractivity contribution in [3.05, 3.63) is 0 Å². The first-order chi connectivity index (χ1) is 6.28. The van der Waals surface area contributed by atoms with Crippen LogP contribution < -0.4 is 0 Å². The van der Waals surface area contributed by atoms with Crippen molar-refractivity contribution in [1.29, 1.82) is 0 Å². The minimum Gasteiger partial charge on any atom is -0.323 e. The van der Waals surface area contributed by atoms with Crippen LogP contribution in [0.2, 0.25) is 0 Å². The van der Waals surface area contributed by atoms with E-state index in [1.165, 1.54) is 0 Å². The van der Waals surface area contributed by atoms with Crippen LogP contribution in [0.4, 0.5) is 0 Å². The van der Waals surface area contributed by atoms with Gasteiger partial charge in [0, 0.05) is 5.54 Å². The third-order valence-electron chi connectivity index (χ3n) is 2.01. The molecule has 0 aromatic heterocycles. The molecule has 0 radical (unpaired) electrons. The number of hydrogen-bond acceptors (Lipinski definition) is 3. The molecule has 6 heteroatoms. The summed E-state index contributed by atoms with van der Waals surface area (Å²) in [4.78, 5) is 18.5. The summed E-state index contributed by atoms with van der Waals surface area (Å²) in [7, 11) is -4.37. The zero-order valence-corrected chi connectivity index (χ0v) is 11.1. The van der Waals surface area contributed by atoms with Gasteiger partial charge in [0.15, 0.2) is 0 Å². The number of hydroxylamine groups is 2. The van der Waals surface area contributed by atoms with Gasteiger partial charge in [-0.25, -0.2) is 0 Å². The molecular weight excluding hydrogens is 217 g/mol. The van der Waals surface area contributed by atoms with Crippen LogP contribution >= 0.6 is 7.60 Å². The van der Waals surface area contributed by atoms with Crippen LogP contribution in [-0.2, 0) is 4.57 Å². The van der Waals surface area contributed by atoms with Crippen molar-refractivity contribution >= 4 is 7.60 Å². The van der Waals surface area contributed by atoms with Crippen molar-refractivity contribution in [2.24, 2.45) is 5.41 Å². The topological polar surface area (TPSA) is 81.0 Å². The summed E-state index contributed by atoms with van der Waals surface area (Å²) in [5, 5.41) is 10.6. The molecule has 0 aliphatic carbocycles. The van der Waals surface area contributed by atoms with E-state index in [0.717, 1.165) is 5.06 Å². The normalized spacial score (nSPS) is 16.9. The number of hydrogen-bond donors (Lipinski definition) is 3. The summed E-state index contributed by atoms with van der Waals surface area (Å²) < 4.78 is 11.4. The lowest BCUT2D eigenvalue weighted by Crippen LogP contribution is -2.51. The van der Waals surface area contributed by atoms with Gasteiger partial charge >= 0.3 is 7.60 Å². The summed E-state index contributed by atoms with van der Waals surface area (Å²) in [6, 6.07) is 0. The Bertz CT molecular complexity index is 260. The molecule has 0 rings (SSSR count). The molecule has 0 amide bonds. The summed E-state index contributed by atoms with van der Waals surface area (Å²) in [5.74, 6) is -1.20. The van der Waals surface area contributed by atoms with Gasteiger partial charge in [-0.3, -0.25) is 4.57 Å². The summed E-state index contributed by atoms with van der Waals surface area (Å²) in [5.41, 5.74) is -1.42. The first-order valence-electron chi connectivity index (χ1n) is 4.81. The quantitative estimate of drug-likeness (QED) is 0.507. The SMILES string of the molecule is CC(C)(C)C(N(O)C(C)(C)C)P(=O)(O)O. The van der Waals surface area contributed by atoms with Gasteiger partial charge in [0.2, 0.25) is 0 Å². The number of rotatable bonds is 2. The Morgan fingerprint density at radius 1 is 1.07 bits per heavy atom. The molecule has 1 unspecified atom stereocenters. The first-order valence-corrected chi connectivity index (χ1v) is 6.49. The smallest absolute Gasteiger partial charge is 0.323 e. The molecule has 0 aliphatic heterocycles. The van der Waals surface area contributed by atoms with E-state index in [2.05, 4.69) is 0 Å². The van der Waals surface area contributed by atoms with Crippen LogP contribution in [0.3, 0.4) is 0 Å². The lowest BCUT2D eigenvalue weighted by Gasteiger charge is -2.42. The summed E-state index contributed by atoms with van der Waals surface area (Å²) in [6.45, 7) is 10.1. The van der Waals surface area contributed by atoms with E-state index in [9.17, 15) is 19.6 Å². The van der Waals surface area contributed by atoms with Crippen molar-refractivity contribution in [1.82, 2.24) is 5.06 Å². The number of nitrogens with zero attached hydrogens (tertiary/aromatic N) is 1. The van der Waals surface area contributed by atoms with E-state index in [0.29, 0.717) is 0 Å². The Labute approximate surface area is 91.2 Å². The van der Waals surface area contributed by atoms with Gasteiger partial charge < -0.3 is 15.0 Å². The van der Waals surface area contributed by atoms with E-state index in [4.69, 9.17) is 0 Å². The monoisotopic (exact) mass is 239 g/mol. The van der Waals surface area contributed by atoms with Gasteiger partial charge in [-0.05, 0) is 26.2 Å². The van der Waals surface area contributed by atoms with Crippen LogP contribution in [0.25, 0.3) is 0 Å². The van der Waals surface area contributed by atoms with Crippen molar-refractivity contribution in [2.45, 2.75) is 52.9 Å². The first kappa shape index (κ1) is 15.1. The second kappa shape index (κ2) is 4.15. The molecule has 0 spiro atoms. The lowest BCUT2D eigenvalue weighted by atomic mass is 9.94. The van der Waals surface area contributed by atoms with E-state index in [-0.39, 0.29) is 0 Å². The van der Waals surface area contributed by atoms with Crippen LogP contribution in [-0.4, -0.2) is 31.4 Å². The maximum atomic E-state index is 11.4. The van der Waals surface area contributed by atoms with Crippen molar-refractivity contribution in [2.75, 3.05) is 0 Å². The molecule has 92 valence electrons. The third-order valence-corrected chi connectivity index (χ3v) is 3.64. The fourth-order valence-electron chi connectivity index (χ4n) is 1.38. The van der Waals surface area contributed by atoms with E-state index in [1.807, 2.05) is 0 Å². The van der Waals surface area contributed by atoms with Crippen molar-refractivity contribution in [3.8, 4) is 0 Å². The molecule has 0 aliphatic rings. The van der Waals surface area contributed by atoms with Crippen LogP contribution in [0.5, 0.6) is 0 Å². The van der Waals surface area contributed by atoms with Gasteiger partial charge in [-0.15, -0.1) is 0 Å². The standard InChI is InChI=1S/C9H22NO4P/c1-8(2,3)7(15(12,13)14)10(11)9(4,5)6/h7,11H,1-6H3,(H2,12,13,14). The molecule has 0 aromatic rings. The summed E-state index contributed by atoms with van der Waals surface area (Å²) >= 11 is 0. The van der Waals surface area contributed by atoms with Gasteiger partial charge in [-0.2, -0.15) is 5.06 Å². The van der Waals surface area contributed by atoms with Crippen LogP contribution in [0.15, 0.2) is 0 Å². The Hall–Kier alpha value is 0.0700. The minimum absolute atomic E-state index is 0.707. The zero-order valence-electron chi connectivity index (χ0n) is 10.2. The van der Waals surface area contributed by atoms with E-state index in [1.54, 1.807) is 41.5 Å². The predicted molar refractivity (Wildman–Crippen MR) is 58.7 cm³/mol. The molecule has 0 fully saturated rings. The Balaban J connectivity index is 5.26. The van der Waals surface area contributed by atoms with Crippen LogP contribution in [0.1, 0.15) is 41.5 Å². The third kappa shape index (κ3) is 4.21. The molecule has 15 heavy (non-hydrogen) atoms. The predicted octanol–water partition coefficient (Wildman–Crippen LogP) is 2.03. The highest BCUT2D eigenvalue weighted by molar-refractivity contribution is 7.52. The summed E-state index contributed by atoms with van der Waals surface area (Å²) in [6.07, 6.45) is 0. The highest BCUT2D eigenvalue weighted by Gasteiger charge is 2.46. The molecule has 0 aromatic carbocycles. The minimum atomic E-state index is -4.37. The second-order valence-corrected chi connectivity index (χ2v) is 7.51. The second-order valence-electron chi connectivity index (χ2n) is 5.84. The molecule has 5 nitrogen and oxygen atoms in total. The van der Waals surface area contributed by atoms with E-state index >= 15 is 0 Å². The maximum Gasteiger partial charge on any atom is 0.345 e. The maximum absolute atomic E-state index is 11.4. The fraction of sp³-hybridized carbons (Fsp3) is 1.00. The average molecular weight is 239 g/mol. The van der Waals surface area contributed by atoms with Gasteiger partial charge in [0.25, 0.3) is 0 Å². The van der Waals surface area contributed by atoms with Gasteiger partial charge in [-0.1, -0.05) is 20.8 Å². The lowest BCUT2D eigenvalue weighted by molar-refractivity contribution is -0.189. The van der Waals surface area contributed by atoms with Crippen molar-refractivity contribution < 1.29 is 19.6 Å². The Morgan fingerprint density at radius 3 is 1.47 bits per heavy atom. The molecule has 0 saturated heterocycles. The molecular formula is C9H22NO4P.